The van der Waals surface area contributed by atoms with Crippen LogP contribution in [0.5, 0.6) is 0 Å². The van der Waals surface area contributed by atoms with Gasteiger partial charge in [-0.3, -0.25) is 4.79 Å². The van der Waals surface area contributed by atoms with E-state index in [9.17, 15) is 4.79 Å². The number of methoxy groups -OCH3 is 1. The van der Waals surface area contributed by atoms with Gasteiger partial charge >= 0.3 is 0 Å². The molecular weight excluding hydrogens is 320 g/mol. The van der Waals surface area contributed by atoms with Crippen LogP contribution in [0.2, 0.25) is 0 Å². The highest BCUT2D eigenvalue weighted by atomic mass is 32.2. The zero-order chi connectivity index (χ0) is 16.8. The molecule has 126 valence electrons. The van der Waals surface area contributed by atoms with Crippen LogP contribution in [0, 0.1) is 0 Å². The highest BCUT2D eigenvalue weighted by molar-refractivity contribution is 7.99. The van der Waals surface area contributed by atoms with Gasteiger partial charge in [0.05, 0.1) is 12.5 Å². The van der Waals surface area contributed by atoms with Gasteiger partial charge in [-0.05, 0) is 23.3 Å². The number of carbonyl (C=O) groups is 1. The minimum Gasteiger partial charge on any atom is -0.383 e. The first-order valence-electron chi connectivity index (χ1n) is 8.09. The maximum absolute atomic E-state index is 12.6. The van der Waals surface area contributed by atoms with Crippen molar-refractivity contribution in [2.45, 2.75) is 17.4 Å². The summed E-state index contributed by atoms with van der Waals surface area (Å²) in [6.45, 7) is 1.92. The Kier molecular flexibility index (Phi) is 5.77. The Hall–Kier alpha value is -1.98. The molecule has 4 nitrogen and oxygen atoms in total. The van der Waals surface area contributed by atoms with Crippen LogP contribution in [0.25, 0.3) is 0 Å². The van der Waals surface area contributed by atoms with Crippen molar-refractivity contribution in [2.75, 3.05) is 31.3 Å². The predicted molar refractivity (Wildman–Crippen MR) is 98.6 cm³/mol. The largest absolute Gasteiger partial charge is 0.383 e. The Labute approximate surface area is 147 Å². The maximum Gasteiger partial charge on any atom is 0.228 e. The van der Waals surface area contributed by atoms with Crippen molar-refractivity contribution >= 4 is 23.4 Å². The summed E-state index contributed by atoms with van der Waals surface area (Å²) in [6.07, 6.45) is 0. The zero-order valence-corrected chi connectivity index (χ0v) is 14.6. The Morgan fingerprint density at radius 2 is 2.00 bits per heavy atom. The van der Waals surface area contributed by atoms with Crippen molar-refractivity contribution in [3.63, 3.8) is 0 Å². The van der Waals surface area contributed by atoms with Gasteiger partial charge in [-0.15, -0.1) is 11.8 Å². The van der Waals surface area contributed by atoms with E-state index >= 15 is 0 Å². The molecule has 0 radical (unpaired) electrons. The lowest BCUT2D eigenvalue weighted by molar-refractivity contribution is -0.122. The highest BCUT2D eigenvalue weighted by Gasteiger charge is 2.28. The van der Waals surface area contributed by atoms with Crippen LogP contribution in [0.3, 0.4) is 0 Å². The monoisotopic (exact) mass is 342 g/mol. The fourth-order valence-electron chi connectivity index (χ4n) is 2.82. The van der Waals surface area contributed by atoms with E-state index in [2.05, 4.69) is 22.8 Å². The van der Waals surface area contributed by atoms with Gasteiger partial charge in [0, 0.05) is 36.5 Å². The van der Waals surface area contributed by atoms with Crippen molar-refractivity contribution < 1.29 is 9.53 Å². The molecule has 1 unspecified atom stereocenters. The summed E-state index contributed by atoms with van der Waals surface area (Å²) in [5, 5.41) is 6.43. The lowest BCUT2D eigenvalue weighted by Gasteiger charge is -2.15. The van der Waals surface area contributed by atoms with Crippen LogP contribution in [-0.4, -0.2) is 31.9 Å². The summed E-state index contributed by atoms with van der Waals surface area (Å²) >= 11 is 1.76. The second-order valence-electron chi connectivity index (χ2n) is 5.70. The molecule has 0 aromatic heterocycles. The van der Waals surface area contributed by atoms with Gasteiger partial charge in [-0.25, -0.2) is 0 Å². The van der Waals surface area contributed by atoms with Gasteiger partial charge in [0.25, 0.3) is 0 Å². The first-order valence-corrected chi connectivity index (χ1v) is 9.08. The Balaban J connectivity index is 1.61. The number of carbonyl (C=O) groups excluding carboxylic acids is 1. The number of hydrogen-bond donors (Lipinski definition) is 2. The third-order valence-corrected chi connectivity index (χ3v) is 5.29. The van der Waals surface area contributed by atoms with Gasteiger partial charge in [0.15, 0.2) is 0 Å². The van der Waals surface area contributed by atoms with E-state index in [1.807, 2.05) is 36.4 Å². The van der Waals surface area contributed by atoms with Crippen LogP contribution in [-0.2, 0) is 16.1 Å². The average molecular weight is 342 g/mol. The van der Waals surface area contributed by atoms with E-state index in [1.54, 1.807) is 18.9 Å². The molecule has 0 spiro atoms. The number of amides is 1. The molecule has 2 aromatic rings. The average Bonchev–Trinajstić information content (AvgIpc) is 3.05. The quantitative estimate of drug-likeness (QED) is 0.759. The molecule has 5 heteroatoms. The summed E-state index contributed by atoms with van der Waals surface area (Å²) in [7, 11) is 1.69. The van der Waals surface area contributed by atoms with Gasteiger partial charge in [0.1, 0.15) is 0 Å². The molecule has 0 saturated heterocycles. The molecule has 2 aromatic carbocycles. The standard InChI is InChI=1S/C19H22N2O2S/c1-23-11-10-20-17-8-4-2-6-14(17)12-21-19(22)16-13-24-18-9-5-3-7-15(16)18/h2-9,16,20H,10-13H2,1H3,(H,21,22). The van der Waals surface area contributed by atoms with E-state index < -0.39 is 0 Å². The molecule has 3 rings (SSSR count). The van der Waals surface area contributed by atoms with Crippen LogP contribution in [0.1, 0.15) is 17.0 Å². The summed E-state index contributed by atoms with van der Waals surface area (Å²) in [5.41, 5.74) is 3.27. The molecule has 0 saturated carbocycles. The van der Waals surface area contributed by atoms with E-state index in [4.69, 9.17) is 4.74 Å². The number of benzene rings is 2. The van der Waals surface area contributed by atoms with Crippen molar-refractivity contribution in [3.8, 4) is 0 Å². The topological polar surface area (TPSA) is 50.4 Å². The number of thioether (sulfide) groups is 1. The van der Waals surface area contributed by atoms with Crippen LogP contribution in [0.4, 0.5) is 5.69 Å². The lowest BCUT2D eigenvalue weighted by Crippen LogP contribution is -2.29. The van der Waals surface area contributed by atoms with E-state index in [1.165, 1.54) is 4.90 Å². The molecule has 1 heterocycles. The van der Waals surface area contributed by atoms with Gasteiger partial charge in [-0.1, -0.05) is 36.4 Å². The highest BCUT2D eigenvalue weighted by Crippen LogP contribution is 2.39. The Bertz CT molecular complexity index is 705. The molecule has 1 atom stereocenters. The molecule has 1 amide bonds. The van der Waals surface area contributed by atoms with E-state index in [0.29, 0.717) is 13.2 Å². The first kappa shape index (κ1) is 16.9. The molecule has 24 heavy (non-hydrogen) atoms. The Morgan fingerprint density at radius 1 is 1.21 bits per heavy atom. The molecule has 0 aliphatic carbocycles. The molecule has 2 N–H and O–H groups in total. The number of ether oxygens (including phenoxy) is 1. The van der Waals surface area contributed by atoms with Crippen molar-refractivity contribution in [1.29, 1.82) is 0 Å². The molecule has 1 aliphatic heterocycles. The molecule has 0 bridgehead atoms. The smallest absolute Gasteiger partial charge is 0.228 e. The molecule has 0 fully saturated rings. The number of nitrogens with one attached hydrogen (secondary N) is 2. The fourth-order valence-corrected chi connectivity index (χ4v) is 4.05. The number of rotatable bonds is 7. The second kappa shape index (κ2) is 8.22. The first-order chi connectivity index (χ1) is 11.8. The normalized spacial score (nSPS) is 15.8. The van der Waals surface area contributed by atoms with Crippen molar-refractivity contribution in [2.24, 2.45) is 0 Å². The number of fused-ring (bicyclic) bond motifs is 1. The van der Waals surface area contributed by atoms with Gasteiger partial charge in [-0.2, -0.15) is 0 Å². The van der Waals surface area contributed by atoms with Crippen molar-refractivity contribution in [3.05, 3.63) is 59.7 Å². The van der Waals surface area contributed by atoms with Crippen LogP contribution in [0.15, 0.2) is 53.4 Å². The summed E-state index contributed by atoms with van der Waals surface area (Å²) in [4.78, 5) is 13.8. The van der Waals surface area contributed by atoms with Gasteiger partial charge < -0.3 is 15.4 Å². The van der Waals surface area contributed by atoms with Crippen LogP contribution < -0.4 is 10.6 Å². The Morgan fingerprint density at radius 3 is 2.88 bits per heavy atom. The zero-order valence-electron chi connectivity index (χ0n) is 13.7. The van der Waals surface area contributed by atoms with E-state index in [-0.39, 0.29) is 11.8 Å². The van der Waals surface area contributed by atoms with Gasteiger partial charge in [0.2, 0.25) is 5.91 Å². The van der Waals surface area contributed by atoms with Crippen molar-refractivity contribution in [1.82, 2.24) is 5.32 Å². The summed E-state index contributed by atoms with van der Waals surface area (Å²) < 4.78 is 5.07. The maximum atomic E-state index is 12.6. The number of anilines is 1. The van der Waals surface area contributed by atoms with E-state index in [0.717, 1.165) is 29.1 Å². The SMILES string of the molecule is COCCNc1ccccc1CNC(=O)C1CSc2ccccc21. The number of para-hydroxylation sites is 1. The lowest BCUT2D eigenvalue weighted by atomic mass is 10.0. The summed E-state index contributed by atoms with van der Waals surface area (Å²) in [5.74, 6) is 0.859. The van der Waals surface area contributed by atoms with Crippen LogP contribution >= 0.6 is 11.8 Å². The second-order valence-corrected chi connectivity index (χ2v) is 6.76. The number of hydrogen-bond acceptors (Lipinski definition) is 4. The summed E-state index contributed by atoms with van der Waals surface area (Å²) in [6, 6.07) is 16.2. The fraction of sp³-hybridized carbons (Fsp3) is 0.316. The predicted octanol–water partition coefficient (Wildman–Crippen LogP) is 3.25. The third-order valence-electron chi connectivity index (χ3n) is 4.11. The molecule has 1 aliphatic rings. The third kappa shape index (κ3) is 3.91. The minimum atomic E-state index is -0.0557. The minimum absolute atomic E-state index is 0.0557. The molecular formula is C19H22N2O2S.